The van der Waals surface area contributed by atoms with Gasteiger partial charge in [0.05, 0.1) is 5.75 Å². The molecule has 0 saturated carbocycles. The number of hydrogen-bond acceptors (Lipinski definition) is 6. The van der Waals surface area contributed by atoms with Crippen LogP contribution < -0.4 is 10.6 Å². The SMILES string of the molecule is CCNC(=O)[C@@H](C)NC(=O)CSc1nnc2c(n1)[nH]c1ccccc12. The summed E-state index contributed by atoms with van der Waals surface area (Å²) in [7, 11) is 0. The third-order valence-electron chi connectivity index (χ3n) is 3.56. The monoisotopic (exact) mass is 358 g/mol. The lowest BCUT2D eigenvalue weighted by Crippen LogP contribution is -2.45. The summed E-state index contributed by atoms with van der Waals surface area (Å²) < 4.78 is 0. The van der Waals surface area contributed by atoms with Gasteiger partial charge in [-0.25, -0.2) is 4.98 Å². The van der Waals surface area contributed by atoms with Crippen LogP contribution in [0.15, 0.2) is 29.4 Å². The van der Waals surface area contributed by atoms with Crippen LogP contribution in [-0.4, -0.2) is 50.3 Å². The molecule has 0 saturated heterocycles. The Labute approximate surface area is 148 Å². The molecule has 0 bridgehead atoms. The number of H-pyrrole nitrogens is 1. The van der Waals surface area contributed by atoms with Crippen LogP contribution in [0.5, 0.6) is 0 Å². The maximum absolute atomic E-state index is 11.9. The molecule has 9 heteroatoms. The molecule has 8 nitrogen and oxygen atoms in total. The van der Waals surface area contributed by atoms with Crippen molar-refractivity contribution in [1.82, 2.24) is 30.8 Å². The third kappa shape index (κ3) is 3.87. The molecule has 25 heavy (non-hydrogen) atoms. The third-order valence-corrected chi connectivity index (χ3v) is 4.39. The summed E-state index contributed by atoms with van der Waals surface area (Å²) in [4.78, 5) is 31.1. The lowest BCUT2D eigenvalue weighted by Gasteiger charge is -2.12. The average Bonchev–Trinajstić information content (AvgIpc) is 2.97. The van der Waals surface area contributed by atoms with Gasteiger partial charge in [0.2, 0.25) is 17.0 Å². The molecule has 0 fully saturated rings. The van der Waals surface area contributed by atoms with Crippen molar-refractivity contribution < 1.29 is 9.59 Å². The molecule has 0 aliphatic heterocycles. The Balaban J connectivity index is 1.64. The number of carbonyl (C=O) groups is 2. The summed E-state index contributed by atoms with van der Waals surface area (Å²) in [5.74, 6) is -0.362. The first-order valence-corrected chi connectivity index (χ1v) is 8.88. The smallest absolute Gasteiger partial charge is 0.242 e. The molecule has 1 atom stereocenters. The van der Waals surface area contributed by atoms with E-state index in [9.17, 15) is 9.59 Å². The maximum atomic E-state index is 11.9. The lowest BCUT2D eigenvalue weighted by molar-refractivity contribution is -0.127. The zero-order valence-electron chi connectivity index (χ0n) is 13.9. The molecule has 0 spiro atoms. The predicted octanol–water partition coefficient (Wildman–Crippen LogP) is 1.24. The summed E-state index contributed by atoms with van der Waals surface area (Å²) >= 11 is 1.17. The minimum atomic E-state index is -0.580. The number of likely N-dealkylation sites (N-methyl/N-ethyl adjacent to an activating group) is 1. The first kappa shape index (κ1) is 17.2. The van der Waals surface area contributed by atoms with Crippen molar-refractivity contribution in [3.63, 3.8) is 0 Å². The van der Waals surface area contributed by atoms with Gasteiger partial charge in [0.1, 0.15) is 11.6 Å². The summed E-state index contributed by atoms with van der Waals surface area (Å²) in [6.07, 6.45) is 0. The standard InChI is InChI=1S/C16H18N6O2S/c1-3-17-15(24)9(2)18-12(23)8-25-16-20-14-13(21-22-16)10-6-4-5-7-11(10)19-14/h4-7,9H,3,8H2,1-2H3,(H,17,24)(H,18,23)(H,19,20,22)/t9-/m1/s1. The zero-order chi connectivity index (χ0) is 17.8. The first-order chi connectivity index (χ1) is 12.1. The molecule has 2 heterocycles. The number of nitrogens with one attached hydrogen (secondary N) is 3. The van der Waals surface area contributed by atoms with Crippen molar-refractivity contribution in [3.8, 4) is 0 Å². The Morgan fingerprint density at radius 1 is 1.28 bits per heavy atom. The number of rotatable bonds is 6. The van der Waals surface area contributed by atoms with Crippen LogP contribution in [0.4, 0.5) is 0 Å². The Morgan fingerprint density at radius 3 is 2.88 bits per heavy atom. The molecule has 2 amide bonds. The number of thioether (sulfide) groups is 1. The van der Waals surface area contributed by atoms with Crippen LogP contribution in [0.1, 0.15) is 13.8 Å². The van der Waals surface area contributed by atoms with E-state index in [0.29, 0.717) is 22.9 Å². The van der Waals surface area contributed by atoms with Gasteiger partial charge in [-0.1, -0.05) is 30.0 Å². The normalized spacial score (nSPS) is 12.2. The molecule has 3 aromatic rings. The second kappa shape index (κ2) is 7.47. The van der Waals surface area contributed by atoms with E-state index in [1.165, 1.54) is 11.8 Å². The van der Waals surface area contributed by atoms with Crippen LogP contribution in [0, 0.1) is 0 Å². The Hall–Kier alpha value is -2.68. The number of fused-ring (bicyclic) bond motifs is 3. The number of aromatic nitrogens is 4. The molecule has 0 unspecified atom stereocenters. The van der Waals surface area contributed by atoms with E-state index in [0.717, 1.165) is 10.9 Å². The minimum absolute atomic E-state index is 0.108. The van der Waals surface area contributed by atoms with Gasteiger partial charge in [-0.3, -0.25) is 9.59 Å². The molecule has 3 N–H and O–H groups in total. The van der Waals surface area contributed by atoms with E-state index in [2.05, 4.69) is 30.8 Å². The van der Waals surface area contributed by atoms with Crippen molar-refractivity contribution in [1.29, 1.82) is 0 Å². The van der Waals surface area contributed by atoms with E-state index >= 15 is 0 Å². The molecular weight excluding hydrogens is 340 g/mol. The second-order valence-corrected chi connectivity index (χ2v) is 6.38. The molecule has 3 rings (SSSR count). The quantitative estimate of drug-likeness (QED) is 0.572. The van der Waals surface area contributed by atoms with Crippen LogP contribution in [0.25, 0.3) is 22.1 Å². The number of hydrogen-bond donors (Lipinski definition) is 3. The fourth-order valence-corrected chi connectivity index (χ4v) is 2.97. The van der Waals surface area contributed by atoms with Crippen molar-refractivity contribution in [3.05, 3.63) is 24.3 Å². The Morgan fingerprint density at radius 2 is 2.08 bits per heavy atom. The van der Waals surface area contributed by atoms with Crippen molar-refractivity contribution in [2.45, 2.75) is 25.0 Å². The Bertz CT molecular complexity index is 925. The van der Waals surface area contributed by atoms with Gasteiger partial charge in [0, 0.05) is 17.4 Å². The molecule has 130 valence electrons. The highest BCUT2D eigenvalue weighted by Crippen LogP contribution is 2.23. The van der Waals surface area contributed by atoms with Crippen LogP contribution in [0.3, 0.4) is 0 Å². The van der Waals surface area contributed by atoms with E-state index < -0.39 is 6.04 Å². The van der Waals surface area contributed by atoms with E-state index in [-0.39, 0.29) is 17.6 Å². The molecular formula is C16H18N6O2S. The number of benzene rings is 1. The summed E-state index contributed by atoms with van der Waals surface area (Å²) in [5.41, 5.74) is 2.28. The number of aromatic amines is 1. The Kier molecular flexibility index (Phi) is 5.13. The first-order valence-electron chi connectivity index (χ1n) is 7.89. The van der Waals surface area contributed by atoms with Crippen molar-refractivity contribution in [2.24, 2.45) is 0 Å². The summed E-state index contributed by atoms with van der Waals surface area (Å²) in [6.45, 7) is 3.99. The number of nitrogens with zero attached hydrogens (tertiary/aromatic N) is 3. The lowest BCUT2D eigenvalue weighted by atomic mass is 10.2. The van der Waals surface area contributed by atoms with Gasteiger partial charge >= 0.3 is 0 Å². The van der Waals surface area contributed by atoms with Gasteiger partial charge in [-0.15, -0.1) is 10.2 Å². The molecule has 0 aliphatic carbocycles. The van der Waals surface area contributed by atoms with E-state index in [1.54, 1.807) is 6.92 Å². The summed E-state index contributed by atoms with van der Waals surface area (Å²) in [5, 5.41) is 14.9. The highest BCUT2D eigenvalue weighted by molar-refractivity contribution is 7.99. The molecule has 0 aliphatic rings. The second-order valence-electron chi connectivity index (χ2n) is 5.43. The largest absolute Gasteiger partial charge is 0.355 e. The average molecular weight is 358 g/mol. The highest BCUT2D eigenvalue weighted by Gasteiger charge is 2.15. The summed E-state index contributed by atoms with van der Waals surface area (Å²) in [6, 6.07) is 7.18. The van der Waals surface area contributed by atoms with Gasteiger partial charge in [0.25, 0.3) is 0 Å². The minimum Gasteiger partial charge on any atom is -0.355 e. The predicted molar refractivity (Wildman–Crippen MR) is 96.2 cm³/mol. The fourth-order valence-electron chi connectivity index (χ4n) is 2.37. The van der Waals surface area contributed by atoms with Crippen LogP contribution in [0.2, 0.25) is 0 Å². The number of para-hydroxylation sites is 1. The van der Waals surface area contributed by atoms with Gasteiger partial charge in [-0.2, -0.15) is 0 Å². The number of amides is 2. The molecule has 0 radical (unpaired) electrons. The van der Waals surface area contributed by atoms with E-state index in [1.807, 2.05) is 31.2 Å². The highest BCUT2D eigenvalue weighted by atomic mass is 32.2. The molecule has 1 aromatic carbocycles. The maximum Gasteiger partial charge on any atom is 0.242 e. The molecule has 2 aromatic heterocycles. The van der Waals surface area contributed by atoms with Crippen LogP contribution in [-0.2, 0) is 9.59 Å². The zero-order valence-corrected chi connectivity index (χ0v) is 14.7. The fraction of sp³-hybridized carbons (Fsp3) is 0.312. The van der Waals surface area contributed by atoms with E-state index in [4.69, 9.17) is 0 Å². The van der Waals surface area contributed by atoms with Crippen molar-refractivity contribution in [2.75, 3.05) is 12.3 Å². The van der Waals surface area contributed by atoms with Crippen LogP contribution >= 0.6 is 11.8 Å². The van der Waals surface area contributed by atoms with Gasteiger partial charge in [0.15, 0.2) is 5.65 Å². The van der Waals surface area contributed by atoms with Gasteiger partial charge < -0.3 is 15.6 Å². The topological polar surface area (TPSA) is 113 Å². The van der Waals surface area contributed by atoms with Gasteiger partial charge in [-0.05, 0) is 19.9 Å². The van der Waals surface area contributed by atoms with Crippen molar-refractivity contribution >= 4 is 45.6 Å². The number of carbonyl (C=O) groups excluding carboxylic acids is 2.